The number of hydrogen-bond donors (Lipinski definition) is 1. The summed E-state index contributed by atoms with van der Waals surface area (Å²) in [6.45, 7) is 4.31. The van der Waals surface area contributed by atoms with Crippen LogP contribution in [0.3, 0.4) is 0 Å². The van der Waals surface area contributed by atoms with Gasteiger partial charge in [-0.15, -0.1) is 11.3 Å². The van der Waals surface area contributed by atoms with Crippen LogP contribution >= 0.6 is 11.3 Å². The fraction of sp³-hybridized carbons (Fsp3) is 0.357. The van der Waals surface area contributed by atoms with E-state index in [-0.39, 0.29) is 0 Å². The molecule has 0 aliphatic rings. The zero-order chi connectivity index (χ0) is 12.3. The van der Waals surface area contributed by atoms with E-state index in [1.807, 2.05) is 18.8 Å². The van der Waals surface area contributed by atoms with Crippen LogP contribution < -0.4 is 5.32 Å². The molecule has 0 aliphatic heterocycles. The van der Waals surface area contributed by atoms with Gasteiger partial charge in [0.2, 0.25) is 0 Å². The molecular weight excluding hydrogens is 228 g/mol. The minimum atomic E-state index is 0.371. The lowest BCUT2D eigenvalue weighted by molar-refractivity contribution is 0.593. The van der Waals surface area contributed by atoms with Gasteiger partial charge in [0.25, 0.3) is 0 Å². The lowest BCUT2D eigenvalue weighted by atomic mass is 9.97. The molecule has 2 nitrogen and oxygen atoms in total. The van der Waals surface area contributed by atoms with Crippen molar-refractivity contribution in [3.63, 3.8) is 0 Å². The second kappa shape index (κ2) is 5.43. The van der Waals surface area contributed by atoms with E-state index in [4.69, 9.17) is 0 Å². The van der Waals surface area contributed by atoms with Crippen molar-refractivity contribution in [3.05, 3.63) is 51.5 Å². The molecule has 2 rings (SSSR count). The summed E-state index contributed by atoms with van der Waals surface area (Å²) in [6, 6.07) is 7.02. The Labute approximate surface area is 107 Å². The predicted molar refractivity (Wildman–Crippen MR) is 73.5 cm³/mol. The van der Waals surface area contributed by atoms with Gasteiger partial charge < -0.3 is 5.32 Å². The van der Waals surface area contributed by atoms with Gasteiger partial charge in [0.05, 0.1) is 5.51 Å². The molecule has 3 heteroatoms. The van der Waals surface area contributed by atoms with E-state index in [0.717, 1.165) is 6.42 Å². The summed E-state index contributed by atoms with van der Waals surface area (Å²) in [7, 11) is 2.02. The van der Waals surface area contributed by atoms with Crippen molar-refractivity contribution in [1.82, 2.24) is 10.3 Å². The van der Waals surface area contributed by atoms with Gasteiger partial charge in [-0.05, 0) is 32.0 Å². The molecule has 0 saturated heterocycles. The number of aryl methyl sites for hydroxylation is 2. The second-order valence-electron chi connectivity index (χ2n) is 4.37. The van der Waals surface area contributed by atoms with E-state index >= 15 is 0 Å². The van der Waals surface area contributed by atoms with Crippen LogP contribution in [0.2, 0.25) is 0 Å². The number of thiazole rings is 1. The first-order valence-electron chi connectivity index (χ1n) is 5.82. The summed E-state index contributed by atoms with van der Waals surface area (Å²) >= 11 is 1.72. The van der Waals surface area contributed by atoms with Gasteiger partial charge in [0.1, 0.15) is 0 Å². The van der Waals surface area contributed by atoms with Crippen molar-refractivity contribution >= 4 is 11.3 Å². The number of hydrogen-bond acceptors (Lipinski definition) is 3. The van der Waals surface area contributed by atoms with Crippen molar-refractivity contribution in [1.29, 1.82) is 0 Å². The van der Waals surface area contributed by atoms with E-state index in [0.29, 0.717) is 6.04 Å². The minimum absolute atomic E-state index is 0.371. The lowest BCUT2D eigenvalue weighted by Gasteiger charge is -2.18. The van der Waals surface area contributed by atoms with Crippen molar-refractivity contribution in [2.45, 2.75) is 26.3 Å². The molecule has 1 aromatic carbocycles. The maximum atomic E-state index is 4.13. The summed E-state index contributed by atoms with van der Waals surface area (Å²) in [4.78, 5) is 5.45. The van der Waals surface area contributed by atoms with Crippen molar-refractivity contribution in [2.75, 3.05) is 7.05 Å². The van der Waals surface area contributed by atoms with E-state index in [1.54, 1.807) is 11.3 Å². The monoisotopic (exact) mass is 246 g/mol. The van der Waals surface area contributed by atoms with Gasteiger partial charge in [-0.25, -0.2) is 0 Å². The van der Waals surface area contributed by atoms with Crippen LogP contribution in [0.4, 0.5) is 0 Å². The Kier molecular flexibility index (Phi) is 3.92. The largest absolute Gasteiger partial charge is 0.313 e. The molecule has 0 bridgehead atoms. The van der Waals surface area contributed by atoms with Gasteiger partial charge in [-0.3, -0.25) is 4.98 Å². The fourth-order valence-corrected chi connectivity index (χ4v) is 2.77. The first-order chi connectivity index (χ1) is 8.20. The third-order valence-corrected chi connectivity index (χ3v) is 3.84. The van der Waals surface area contributed by atoms with Crippen LogP contribution in [0.1, 0.15) is 27.6 Å². The summed E-state index contributed by atoms with van der Waals surface area (Å²) in [5.74, 6) is 0. The van der Waals surface area contributed by atoms with Crippen LogP contribution in [0.5, 0.6) is 0 Å². The van der Waals surface area contributed by atoms with Crippen molar-refractivity contribution in [3.8, 4) is 0 Å². The predicted octanol–water partition coefficient (Wildman–Crippen LogP) is 3.26. The highest BCUT2D eigenvalue weighted by atomic mass is 32.1. The smallest absolute Gasteiger partial charge is 0.0794 e. The molecule has 0 radical (unpaired) electrons. The topological polar surface area (TPSA) is 24.9 Å². The highest BCUT2D eigenvalue weighted by Gasteiger charge is 2.13. The van der Waals surface area contributed by atoms with Crippen molar-refractivity contribution < 1.29 is 0 Å². The molecule has 0 aliphatic carbocycles. The summed E-state index contributed by atoms with van der Waals surface area (Å²) in [5, 5.41) is 3.40. The molecule has 0 fully saturated rings. The number of nitrogens with zero attached hydrogens (tertiary/aromatic N) is 1. The lowest BCUT2D eigenvalue weighted by Crippen LogP contribution is -2.19. The molecule has 0 spiro atoms. The van der Waals surface area contributed by atoms with Gasteiger partial charge in [0.15, 0.2) is 0 Å². The molecular formula is C14H18N2S. The van der Waals surface area contributed by atoms with E-state index in [9.17, 15) is 0 Å². The molecule has 90 valence electrons. The Morgan fingerprint density at radius 2 is 2.18 bits per heavy atom. The molecule has 0 amide bonds. The standard InChI is InChI=1S/C14H18N2S/c1-10-4-5-13(11(2)6-10)14(15-3)7-12-8-16-9-17-12/h4-6,8-9,14-15H,7H2,1-3H3. The zero-order valence-corrected chi connectivity index (χ0v) is 11.3. The maximum absolute atomic E-state index is 4.13. The zero-order valence-electron chi connectivity index (χ0n) is 10.5. The quantitative estimate of drug-likeness (QED) is 0.895. The molecule has 1 N–H and O–H groups in total. The second-order valence-corrected chi connectivity index (χ2v) is 5.34. The van der Waals surface area contributed by atoms with Crippen LogP contribution in [-0.4, -0.2) is 12.0 Å². The minimum Gasteiger partial charge on any atom is -0.313 e. The Bertz CT molecular complexity index is 477. The van der Waals surface area contributed by atoms with Crippen LogP contribution in [0.25, 0.3) is 0 Å². The average molecular weight is 246 g/mol. The Hall–Kier alpha value is -1.19. The van der Waals surface area contributed by atoms with Crippen molar-refractivity contribution in [2.24, 2.45) is 0 Å². The molecule has 17 heavy (non-hydrogen) atoms. The average Bonchev–Trinajstić information content (AvgIpc) is 2.79. The van der Waals surface area contributed by atoms with Gasteiger partial charge in [-0.2, -0.15) is 0 Å². The van der Waals surface area contributed by atoms with Crippen LogP contribution in [0, 0.1) is 13.8 Å². The Morgan fingerprint density at radius 1 is 1.35 bits per heavy atom. The molecule has 1 atom stereocenters. The number of aromatic nitrogens is 1. The fourth-order valence-electron chi connectivity index (χ4n) is 2.13. The summed E-state index contributed by atoms with van der Waals surface area (Å²) in [6.07, 6.45) is 2.96. The molecule has 2 aromatic rings. The van der Waals surface area contributed by atoms with Gasteiger partial charge >= 0.3 is 0 Å². The van der Waals surface area contributed by atoms with Gasteiger partial charge in [0, 0.05) is 23.5 Å². The third-order valence-electron chi connectivity index (χ3n) is 3.04. The van der Waals surface area contributed by atoms with Crippen LogP contribution in [0.15, 0.2) is 29.9 Å². The molecule has 1 unspecified atom stereocenters. The number of nitrogens with one attached hydrogen (secondary N) is 1. The summed E-state index contributed by atoms with van der Waals surface area (Å²) < 4.78 is 0. The highest BCUT2D eigenvalue weighted by Crippen LogP contribution is 2.23. The first kappa shape index (κ1) is 12.3. The van der Waals surface area contributed by atoms with E-state index < -0.39 is 0 Å². The van der Waals surface area contributed by atoms with Crippen LogP contribution in [-0.2, 0) is 6.42 Å². The normalized spacial score (nSPS) is 12.6. The Balaban J connectivity index is 2.23. The van der Waals surface area contributed by atoms with E-state index in [1.165, 1.54) is 21.6 Å². The number of likely N-dealkylation sites (N-methyl/N-ethyl adjacent to an activating group) is 1. The first-order valence-corrected chi connectivity index (χ1v) is 6.70. The molecule has 1 aromatic heterocycles. The molecule has 1 heterocycles. The van der Waals surface area contributed by atoms with E-state index in [2.05, 4.69) is 42.3 Å². The SMILES string of the molecule is CNC(Cc1cncs1)c1ccc(C)cc1C. The Morgan fingerprint density at radius 3 is 2.76 bits per heavy atom. The number of rotatable bonds is 4. The maximum Gasteiger partial charge on any atom is 0.0794 e. The third kappa shape index (κ3) is 2.93. The highest BCUT2D eigenvalue weighted by molar-refractivity contribution is 7.09. The molecule has 0 saturated carbocycles. The van der Waals surface area contributed by atoms with Gasteiger partial charge in [-0.1, -0.05) is 23.8 Å². The number of benzene rings is 1. The summed E-state index contributed by atoms with van der Waals surface area (Å²) in [5.41, 5.74) is 5.95.